The third-order valence-corrected chi connectivity index (χ3v) is 5.50. The van der Waals surface area contributed by atoms with Crippen LogP contribution < -0.4 is 5.73 Å². The van der Waals surface area contributed by atoms with Crippen molar-refractivity contribution >= 4 is 0 Å². The summed E-state index contributed by atoms with van der Waals surface area (Å²) in [6.45, 7) is 7.93. The van der Waals surface area contributed by atoms with Crippen molar-refractivity contribution in [2.24, 2.45) is 22.5 Å². The van der Waals surface area contributed by atoms with Crippen LogP contribution in [0.15, 0.2) is 25.3 Å². The number of nitrogens with two attached hydrogens (primary N) is 1. The molecule has 4 aliphatic carbocycles. The highest BCUT2D eigenvalue weighted by atomic mass is 14.8. The molecule has 4 aliphatic rings. The zero-order valence-electron chi connectivity index (χ0n) is 10.9. The van der Waals surface area contributed by atoms with E-state index in [1.807, 2.05) is 0 Å². The fourth-order valence-corrected chi connectivity index (χ4v) is 5.99. The zero-order chi connectivity index (χ0) is 12.1. The molecule has 1 nitrogen and oxygen atoms in total. The first-order chi connectivity index (χ1) is 8.03. The largest absolute Gasteiger partial charge is 0.325 e. The Morgan fingerprint density at radius 3 is 1.88 bits per heavy atom. The molecule has 0 aromatic carbocycles. The molecule has 2 N–H and O–H groups in total. The third kappa shape index (κ3) is 1.71. The van der Waals surface area contributed by atoms with E-state index in [1.165, 1.54) is 51.4 Å². The van der Waals surface area contributed by atoms with Crippen molar-refractivity contribution in [3.8, 4) is 0 Å². The van der Waals surface area contributed by atoms with Gasteiger partial charge in [-0.15, -0.1) is 13.2 Å². The van der Waals surface area contributed by atoms with Crippen LogP contribution in [-0.4, -0.2) is 5.54 Å². The molecule has 94 valence electrons. The van der Waals surface area contributed by atoms with Crippen LogP contribution in [0.1, 0.15) is 51.4 Å². The van der Waals surface area contributed by atoms with Crippen LogP contribution in [0.4, 0.5) is 0 Å². The molecular weight excluding hydrogens is 206 g/mol. The van der Waals surface area contributed by atoms with Crippen molar-refractivity contribution in [3.05, 3.63) is 25.3 Å². The van der Waals surface area contributed by atoms with Crippen LogP contribution in [-0.2, 0) is 0 Å². The van der Waals surface area contributed by atoms with Crippen LogP contribution in [0, 0.1) is 16.7 Å². The smallest absolute Gasteiger partial charge is 0.0167 e. The predicted molar refractivity (Wildman–Crippen MR) is 72.6 cm³/mol. The second-order valence-corrected chi connectivity index (χ2v) is 7.36. The van der Waals surface area contributed by atoms with Gasteiger partial charge in [0, 0.05) is 5.54 Å². The van der Waals surface area contributed by atoms with Gasteiger partial charge in [-0.05, 0) is 68.1 Å². The average Bonchev–Trinajstić information content (AvgIpc) is 2.12. The highest BCUT2D eigenvalue weighted by Crippen LogP contribution is 2.68. The first-order valence-corrected chi connectivity index (χ1v) is 7.04. The lowest BCUT2D eigenvalue weighted by Crippen LogP contribution is -2.63. The number of hydrogen-bond donors (Lipinski definition) is 1. The van der Waals surface area contributed by atoms with Gasteiger partial charge in [0.2, 0.25) is 0 Å². The van der Waals surface area contributed by atoms with E-state index in [0.717, 1.165) is 5.92 Å². The van der Waals surface area contributed by atoms with Crippen molar-refractivity contribution < 1.29 is 0 Å². The molecule has 0 amide bonds. The Bertz CT molecular complexity index is 331. The van der Waals surface area contributed by atoms with Gasteiger partial charge in [-0.1, -0.05) is 12.2 Å². The van der Waals surface area contributed by atoms with Gasteiger partial charge in [-0.25, -0.2) is 0 Å². The van der Waals surface area contributed by atoms with Gasteiger partial charge in [0.05, 0.1) is 0 Å². The maximum absolute atomic E-state index is 6.68. The van der Waals surface area contributed by atoms with Gasteiger partial charge in [0.1, 0.15) is 0 Å². The molecule has 4 saturated carbocycles. The van der Waals surface area contributed by atoms with E-state index in [2.05, 4.69) is 25.3 Å². The standard InChI is InChI=1S/C16H25N/c1-3-5-14-7-13-8-15(10-14,6-4-2)12-16(17,9-13)11-14/h3-4,13H,1-2,5-12,17H2. The van der Waals surface area contributed by atoms with Gasteiger partial charge < -0.3 is 5.73 Å². The van der Waals surface area contributed by atoms with Gasteiger partial charge in [-0.3, -0.25) is 0 Å². The van der Waals surface area contributed by atoms with Crippen molar-refractivity contribution in [2.75, 3.05) is 0 Å². The summed E-state index contributed by atoms with van der Waals surface area (Å²) < 4.78 is 0. The van der Waals surface area contributed by atoms with Crippen molar-refractivity contribution in [1.29, 1.82) is 0 Å². The summed E-state index contributed by atoms with van der Waals surface area (Å²) in [5.41, 5.74) is 7.78. The normalized spacial score (nSPS) is 51.5. The Morgan fingerprint density at radius 2 is 1.47 bits per heavy atom. The maximum atomic E-state index is 6.68. The lowest BCUT2D eigenvalue weighted by Gasteiger charge is -2.66. The zero-order valence-corrected chi connectivity index (χ0v) is 10.9. The highest BCUT2D eigenvalue weighted by molar-refractivity contribution is 5.17. The Balaban J connectivity index is 1.96. The van der Waals surface area contributed by atoms with Crippen molar-refractivity contribution in [2.45, 2.75) is 56.9 Å². The van der Waals surface area contributed by atoms with Gasteiger partial charge in [0.15, 0.2) is 0 Å². The molecule has 2 atom stereocenters. The summed E-state index contributed by atoms with van der Waals surface area (Å²) in [7, 11) is 0. The van der Waals surface area contributed by atoms with Gasteiger partial charge in [-0.2, -0.15) is 0 Å². The third-order valence-electron chi connectivity index (χ3n) is 5.50. The molecule has 0 radical (unpaired) electrons. The van der Waals surface area contributed by atoms with E-state index in [0.29, 0.717) is 10.8 Å². The van der Waals surface area contributed by atoms with E-state index < -0.39 is 0 Å². The molecule has 0 saturated heterocycles. The summed E-state index contributed by atoms with van der Waals surface area (Å²) >= 11 is 0. The van der Waals surface area contributed by atoms with E-state index in [1.54, 1.807) is 0 Å². The summed E-state index contributed by atoms with van der Waals surface area (Å²) in [5, 5.41) is 0. The van der Waals surface area contributed by atoms with Crippen molar-refractivity contribution in [1.82, 2.24) is 0 Å². The lowest BCUT2D eigenvalue weighted by atomic mass is 9.41. The minimum Gasteiger partial charge on any atom is -0.325 e. The van der Waals surface area contributed by atoms with Crippen LogP contribution >= 0.6 is 0 Å². The van der Waals surface area contributed by atoms with Crippen LogP contribution in [0.2, 0.25) is 0 Å². The van der Waals surface area contributed by atoms with E-state index >= 15 is 0 Å². The molecule has 2 unspecified atom stereocenters. The Morgan fingerprint density at radius 1 is 0.941 bits per heavy atom. The van der Waals surface area contributed by atoms with Gasteiger partial charge in [0.25, 0.3) is 0 Å². The summed E-state index contributed by atoms with van der Waals surface area (Å²) in [4.78, 5) is 0. The predicted octanol–water partition coefficient (Wildman–Crippen LogP) is 3.81. The minimum atomic E-state index is 0.130. The first kappa shape index (κ1) is 11.5. The monoisotopic (exact) mass is 231 g/mol. The molecule has 0 heterocycles. The molecule has 0 aromatic heterocycles. The second-order valence-electron chi connectivity index (χ2n) is 7.36. The van der Waals surface area contributed by atoms with Crippen LogP contribution in [0.3, 0.4) is 0 Å². The lowest BCUT2D eigenvalue weighted by molar-refractivity contribution is -0.119. The fourth-order valence-electron chi connectivity index (χ4n) is 5.99. The van der Waals surface area contributed by atoms with Gasteiger partial charge >= 0.3 is 0 Å². The molecule has 4 fully saturated rings. The molecular formula is C16H25N. The Kier molecular flexibility index (Phi) is 2.36. The molecule has 4 bridgehead atoms. The molecule has 1 heteroatoms. The fraction of sp³-hybridized carbons (Fsp3) is 0.750. The molecule has 0 aliphatic heterocycles. The number of rotatable bonds is 4. The first-order valence-electron chi connectivity index (χ1n) is 7.04. The van der Waals surface area contributed by atoms with E-state index in [9.17, 15) is 0 Å². The number of allylic oxidation sites excluding steroid dienone is 2. The average molecular weight is 231 g/mol. The second kappa shape index (κ2) is 3.47. The Hall–Kier alpha value is -0.560. The maximum Gasteiger partial charge on any atom is 0.0167 e. The molecule has 0 aromatic rings. The van der Waals surface area contributed by atoms with Crippen LogP contribution in [0.25, 0.3) is 0 Å². The number of hydrogen-bond acceptors (Lipinski definition) is 1. The molecule has 0 spiro atoms. The molecule has 17 heavy (non-hydrogen) atoms. The topological polar surface area (TPSA) is 26.0 Å². The van der Waals surface area contributed by atoms with Crippen molar-refractivity contribution in [3.63, 3.8) is 0 Å². The quantitative estimate of drug-likeness (QED) is 0.732. The SMILES string of the molecule is C=CCC12CC3CC(N)(C1)CC(CC=C)(C3)C2. The molecule has 4 rings (SSSR count). The minimum absolute atomic E-state index is 0.130. The van der Waals surface area contributed by atoms with Crippen LogP contribution in [0.5, 0.6) is 0 Å². The summed E-state index contributed by atoms with van der Waals surface area (Å²) in [6, 6.07) is 0. The Labute approximate surface area is 105 Å². The van der Waals surface area contributed by atoms with E-state index in [4.69, 9.17) is 5.73 Å². The summed E-state index contributed by atoms with van der Waals surface area (Å²) in [6.07, 6.45) is 14.5. The van der Waals surface area contributed by atoms with E-state index in [-0.39, 0.29) is 5.54 Å². The summed E-state index contributed by atoms with van der Waals surface area (Å²) in [5.74, 6) is 0.871. The highest BCUT2D eigenvalue weighted by Gasteiger charge is 2.60.